The molecule has 0 N–H and O–H groups in total. The van der Waals surface area contributed by atoms with Gasteiger partial charge in [-0.15, -0.1) is 0 Å². The third-order valence-corrected chi connectivity index (χ3v) is 11.1. The average molecular weight is 470 g/mol. The molecule has 1 atom stereocenters. The Hall–Kier alpha value is -0.963. The van der Waals surface area contributed by atoms with E-state index in [0.717, 1.165) is 36.2 Å². The molecule has 0 radical (unpaired) electrons. The average Bonchev–Trinajstić information content (AvgIpc) is 3.00. The van der Waals surface area contributed by atoms with Crippen molar-refractivity contribution in [3.05, 3.63) is 16.7 Å². The number of nitrogens with zero attached hydrogens (tertiary/aromatic N) is 4. The van der Waals surface area contributed by atoms with Gasteiger partial charge in [-0.3, -0.25) is 0 Å². The minimum absolute atomic E-state index is 0.205. The van der Waals surface area contributed by atoms with E-state index in [0.29, 0.717) is 24.3 Å². The Balaban J connectivity index is 1.80. The lowest BCUT2D eigenvalue weighted by atomic mass is 10.1. The first-order valence-electron chi connectivity index (χ1n) is 10.1. The van der Waals surface area contributed by atoms with Crippen molar-refractivity contribution in [3.8, 4) is 0 Å². The van der Waals surface area contributed by atoms with Crippen molar-refractivity contribution in [2.45, 2.75) is 57.8 Å². The maximum Gasteiger partial charge on any atom is 0.300 e. The highest BCUT2D eigenvalue weighted by molar-refractivity contribution is 9.10. The molecule has 0 aromatic carbocycles. The summed E-state index contributed by atoms with van der Waals surface area (Å²) in [5.74, 6) is 0. The molecule has 2 aromatic rings. The molecule has 1 aliphatic heterocycles. The van der Waals surface area contributed by atoms with Crippen LogP contribution in [0.4, 0.5) is 6.01 Å². The Morgan fingerprint density at radius 3 is 2.75 bits per heavy atom. The molecule has 8 heteroatoms. The van der Waals surface area contributed by atoms with Gasteiger partial charge in [0.05, 0.1) is 6.61 Å². The predicted molar refractivity (Wildman–Crippen MR) is 121 cm³/mol. The highest BCUT2D eigenvalue weighted by Gasteiger charge is 2.37. The molecular weight excluding hydrogens is 436 g/mol. The molecule has 0 amide bonds. The Labute approximate surface area is 177 Å². The standard InChI is InChI=1S/C20H33BrN4O2Si/c1-20(2,3)28(5,6)26-13-12-25(15-8-7-11-24(4)14-15)19-23-18-16(27-19)9-10-17(21)22-18/h9-10,15H,7-8,11-14H2,1-6H3/t15-/m1/s1. The van der Waals surface area contributed by atoms with Crippen molar-refractivity contribution in [3.63, 3.8) is 0 Å². The van der Waals surface area contributed by atoms with Gasteiger partial charge in [0.2, 0.25) is 5.65 Å². The van der Waals surface area contributed by atoms with E-state index < -0.39 is 8.32 Å². The quantitative estimate of drug-likeness (QED) is 0.443. The Kier molecular flexibility index (Phi) is 6.53. The van der Waals surface area contributed by atoms with Crippen LogP contribution in [0.3, 0.4) is 0 Å². The summed E-state index contributed by atoms with van der Waals surface area (Å²) in [6.45, 7) is 15.0. The van der Waals surface area contributed by atoms with E-state index in [-0.39, 0.29) is 5.04 Å². The number of piperidine rings is 1. The van der Waals surface area contributed by atoms with Crippen molar-refractivity contribution in [2.24, 2.45) is 0 Å². The number of fused-ring (bicyclic) bond motifs is 1. The number of likely N-dealkylation sites (tertiary alicyclic amines) is 1. The number of hydrogen-bond acceptors (Lipinski definition) is 6. The predicted octanol–water partition coefficient (Wildman–Crippen LogP) is 4.91. The first-order chi connectivity index (χ1) is 13.1. The molecule has 2 aromatic heterocycles. The molecule has 1 aliphatic rings. The minimum atomic E-state index is -1.78. The maximum atomic E-state index is 6.45. The number of halogens is 1. The van der Waals surface area contributed by atoms with E-state index in [4.69, 9.17) is 13.8 Å². The smallest absolute Gasteiger partial charge is 0.300 e. The molecule has 1 saturated heterocycles. The fourth-order valence-electron chi connectivity index (χ4n) is 3.35. The zero-order valence-electron chi connectivity index (χ0n) is 18.0. The molecule has 156 valence electrons. The lowest BCUT2D eigenvalue weighted by Gasteiger charge is -2.39. The summed E-state index contributed by atoms with van der Waals surface area (Å²) in [4.78, 5) is 13.8. The van der Waals surface area contributed by atoms with Crippen LogP contribution in [0.5, 0.6) is 0 Å². The van der Waals surface area contributed by atoms with Crippen LogP contribution < -0.4 is 4.90 Å². The van der Waals surface area contributed by atoms with Crippen LogP contribution in [0.25, 0.3) is 11.2 Å². The van der Waals surface area contributed by atoms with Crippen molar-refractivity contribution in [1.29, 1.82) is 0 Å². The third kappa shape index (κ3) is 4.95. The number of likely N-dealkylation sites (N-methyl/N-ethyl adjacent to an activating group) is 1. The fourth-order valence-corrected chi connectivity index (χ4v) is 4.69. The topological polar surface area (TPSA) is 54.6 Å². The van der Waals surface area contributed by atoms with Gasteiger partial charge in [0, 0.05) is 19.1 Å². The second-order valence-corrected chi connectivity index (χ2v) is 14.9. The zero-order chi connectivity index (χ0) is 20.5. The normalized spacial score (nSPS) is 19.3. The van der Waals surface area contributed by atoms with Gasteiger partial charge >= 0.3 is 0 Å². The summed E-state index contributed by atoms with van der Waals surface area (Å²) in [7, 11) is 0.400. The molecule has 3 rings (SSSR count). The van der Waals surface area contributed by atoms with Crippen LogP contribution in [-0.4, -0.2) is 62.5 Å². The molecule has 28 heavy (non-hydrogen) atoms. The second kappa shape index (κ2) is 8.42. The zero-order valence-corrected chi connectivity index (χ0v) is 20.5. The van der Waals surface area contributed by atoms with E-state index in [9.17, 15) is 0 Å². The molecule has 3 heterocycles. The van der Waals surface area contributed by atoms with Crippen LogP contribution in [-0.2, 0) is 4.43 Å². The Morgan fingerprint density at radius 2 is 2.07 bits per heavy atom. The first kappa shape index (κ1) is 21.7. The van der Waals surface area contributed by atoms with E-state index >= 15 is 0 Å². The van der Waals surface area contributed by atoms with Gasteiger partial charge in [-0.25, -0.2) is 4.98 Å². The molecule has 6 nitrogen and oxygen atoms in total. The summed E-state index contributed by atoms with van der Waals surface area (Å²) < 4.78 is 13.3. The summed E-state index contributed by atoms with van der Waals surface area (Å²) in [6, 6.07) is 4.83. The van der Waals surface area contributed by atoms with Crippen molar-refractivity contribution >= 4 is 41.5 Å². The van der Waals surface area contributed by atoms with Crippen molar-refractivity contribution in [2.75, 3.05) is 38.2 Å². The summed E-state index contributed by atoms with van der Waals surface area (Å²) in [5, 5.41) is 0.205. The van der Waals surface area contributed by atoms with E-state index in [2.05, 4.69) is 71.6 Å². The number of aromatic nitrogens is 2. The number of anilines is 1. The van der Waals surface area contributed by atoms with Crippen LogP contribution in [0, 0.1) is 0 Å². The van der Waals surface area contributed by atoms with Gasteiger partial charge in [0.1, 0.15) is 4.60 Å². The van der Waals surface area contributed by atoms with Crippen LogP contribution in [0.15, 0.2) is 21.2 Å². The number of rotatable bonds is 6. The number of hydrogen-bond donors (Lipinski definition) is 0. The van der Waals surface area contributed by atoms with E-state index in [1.54, 1.807) is 0 Å². The number of pyridine rings is 1. The monoisotopic (exact) mass is 468 g/mol. The van der Waals surface area contributed by atoms with Gasteiger partial charge in [-0.05, 0) is 72.6 Å². The first-order valence-corrected chi connectivity index (χ1v) is 13.8. The largest absolute Gasteiger partial charge is 0.422 e. The molecule has 0 saturated carbocycles. The number of oxazole rings is 1. The summed E-state index contributed by atoms with van der Waals surface area (Å²) in [5.41, 5.74) is 1.36. The minimum Gasteiger partial charge on any atom is -0.422 e. The van der Waals surface area contributed by atoms with Gasteiger partial charge in [-0.1, -0.05) is 20.8 Å². The van der Waals surface area contributed by atoms with Gasteiger partial charge < -0.3 is 18.6 Å². The second-order valence-electron chi connectivity index (χ2n) is 9.31. The highest BCUT2D eigenvalue weighted by atomic mass is 79.9. The fraction of sp³-hybridized carbons (Fsp3) is 0.700. The molecule has 0 unspecified atom stereocenters. The van der Waals surface area contributed by atoms with Gasteiger partial charge in [0.25, 0.3) is 6.01 Å². The molecule has 0 aliphatic carbocycles. The third-order valence-electron chi connectivity index (χ3n) is 6.10. The van der Waals surface area contributed by atoms with Crippen LogP contribution in [0.2, 0.25) is 18.1 Å². The SMILES string of the molecule is CN1CCC[C@@H](N(CCO[Si](C)(C)C(C)(C)C)c2nc3nc(Br)ccc3o2)C1. The van der Waals surface area contributed by atoms with Gasteiger partial charge in [-0.2, -0.15) is 4.98 Å². The Bertz CT molecular complexity index is 805. The highest BCUT2D eigenvalue weighted by Crippen LogP contribution is 2.36. The summed E-state index contributed by atoms with van der Waals surface area (Å²) >= 11 is 3.42. The van der Waals surface area contributed by atoms with Crippen molar-refractivity contribution < 1.29 is 8.84 Å². The van der Waals surface area contributed by atoms with E-state index in [1.807, 2.05) is 12.1 Å². The molecule has 0 spiro atoms. The lowest BCUT2D eigenvalue weighted by Crippen LogP contribution is -2.49. The van der Waals surface area contributed by atoms with Gasteiger partial charge in [0.15, 0.2) is 13.9 Å². The Morgan fingerprint density at radius 1 is 1.32 bits per heavy atom. The molecular formula is C20H33BrN4O2Si. The van der Waals surface area contributed by atoms with E-state index in [1.165, 1.54) is 6.42 Å². The molecule has 0 bridgehead atoms. The summed E-state index contributed by atoms with van der Waals surface area (Å²) in [6.07, 6.45) is 2.32. The lowest BCUT2D eigenvalue weighted by molar-refractivity contribution is 0.228. The van der Waals surface area contributed by atoms with Crippen LogP contribution in [0.1, 0.15) is 33.6 Å². The maximum absolute atomic E-state index is 6.45. The van der Waals surface area contributed by atoms with Crippen LogP contribution >= 0.6 is 15.9 Å². The van der Waals surface area contributed by atoms with Crippen molar-refractivity contribution in [1.82, 2.24) is 14.9 Å². The molecule has 1 fully saturated rings.